The summed E-state index contributed by atoms with van der Waals surface area (Å²) in [4.78, 5) is 12.0. The molecule has 0 heterocycles. The van der Waals surface area contributed by atoms with Gasteiger partial charge in [-0.05, 0) is 57.0 Å². The number of benzene rings is 1. The Balaban J connectivity index is 1.48. The average molecular weight is 295 g/mol. The standard InChI is InChI=1S/C15H19ClN2O2/c1-17-14-6-7-15(9-14,10-14)18-13(19)8-20-12-4-2-11(16)3-5-12/h2-5,17H,6-10H2,1H3,(H,18,19). The van der Waals surface area contributed by atoms with Crippen LogP contribution in [0.15, 0.2) is 24.3 Å². The third-order valence-electron chi connectivity index (χ3n) is 4.55. The predicted octanol–water partition coefficient (Wildman–Crippen LogP) is 2.12. The lowest BCUT2D eigenvalue weighted by Crippen LogP contribution is -2.63. The number of rotatable bonds is 5. The SMILES string of the molecule is CNC12CCC(NC(=O)COc3ccc(Cl)cc3)(C1)C2. The normalized spacial score (nSPS) is 30.7. The number of ether oxygens (including phenoxy) is 1. The highest BCUT2D eigenvalue weighted by Gasteiger charge is 2.60. The van der Waals surface area contributed by atoms with Crippen LogP contribution in [-0.4, -0.2) is 30.6 Å². The monoisotopic (exact) mass is 294 g/mol. The van der Waals surface area contributed by atoms with Crippen molar-refractivity contribution >= 4 is 17.5 Å². The molecular weight excluding hydrogens is 276 g/mol. The van der Waals surface area contributed by atoms with Gasteiger partial charge in [-0.3, -0.25) is 4.79 Å². The zero-order chi connectivity index (χ0) is 14.2. The Morgan fingerprint density at radius 1 is 1.25 bits per heavy atom. The highest BCUT2D eigenvalue weighted by atomic mass is 35.5. The Morgan fingerprint density at radius 3 is 2.50 bits per heavy atom. The Hall–Kier alpha value is -1.26. The van der Waals surface area contributed by atoms with Gasteiger partial charge in [0.05, 0.1) is 0 Å². The molecule has 4 nitrogen and oxygen atoms in total. The first-order valence-electron chi connectivity index (χ1n) is 6.93. The van der Waals surface area contributed by atoms with Crippen molar-refractivity contribution < 1.29 is 9.53 Å². The van der Waals surface area contributed by atoms with E-state index >= 15 is 0 Å². The van der Waals surface area contributed by atoms with Crippen molar-refractivity contribution in [2.24, 2.45) is 0 Å². The molecule has 2 N–H and O–H groups in total. The topological polar surface area (TPSA) is 50.4 Å². The highest BCUT2D eigenvalue weighted by molar-refractivity contribution is 6.30. The maximum Gasteiger partial charge on any atom is 0.258 e. The van der Waals surface area contributed by atoms with Crippen molar-refractivity contribution in [3.63, 3.8) is 0 Å². The van der Waals surface area contributed by atoms with Crippen LogP contribution in [0, 0.1) is 0 Å². The van der Waals surface area contributed by atoms with Crippen molar-refractivity contribution in [2.45, 2.75) is 36.8 Å². The number of hydrogen-bond donors (Lipinski definition) is 2. The number of amides is 1. The summed E-state index contributed by atoms with van der Waals surface area (Å²) in [7, 11) is 2.00. The van der Waals surface area contributed by atoms with E-state index in [1.807, 2.05) is 7.05 Å². The van der Waals surface area contributed by atoms with E-state index in [-0.39, 0.29) is 23.6 Å². The maximum absolute atomic E-state index is 12.0. The molecule has 0 unspecified atom stereocenters. The van der Waals surface area contributed by atoms with Gasteiger partial charge in [-0.1, -0.05) is 11.6 Å². The number of nitrogens with one attached hydrogen (secondary N) is 2. The molecule has 1 aromatic carbocycles. The minimum Gasteiger partial charge on any atom is -0.484 e. The fraction of sp³-hybridized carbons (Fsp3) is 0.533. The zero-order valence-corrected chi connectivity index (χ0v) is 12.3. The number of hydrogen-bond acceptors (Lipinski definition) is 3. The minimum absolute atomic E-state index is 0.00342. The second-order valence-corrected chi connectivity index (χ2v) is 6.39. The molecule has 1 aromatic rings. The molecule has 108 valence electrons. The summed E-state index contributed by atoms with van der Waals surface area (Å²) in [6, 6.07) is 7.02. The molecule has 20 heavy (non-hydrogen) atoms. The molecule has 0 radical (unpaired) electrons. The summed E-state index contributed by atoms with van der Waals surface area (Å²) in [5.74, 6) is 0.609. The van der Waals surface area contributed by atoms with E-state index < -0.39 is 0 Å². The Kier molecular flexibility index (Phi) is 3.38. The first-order valence-corrected chi connectivity index (χ1v) is 7.31. The van der Waals surface area contributed by atoms with Crippen LogP contribution < -0.4 is 15.4 Å². The lowest BCUT2D eigenvalue weighted by atomic mass is 9.71. The van der Waals surface area contributed by atoms with Crippen molar-refractivity contribution in [1.82, 2.24) is 10.6 Å². The Bertz CT molecular complexity index is 509. The fourth-order valence-corrected chi connectivity index (χ4v) is 3.67. The third kappa shape index (κ3) is 2.50. The lowest BCUT2D eigenvalue weighted by molar-refractivity contribution is -0.126. The van der Waals surface area contributed by atoms with Gasteiger partial charge in [0.1, 0.15) is 5.75 Å². The fourth-order valence-electron chi connectivity index (χ4n) is 3.54. The number of carbonyl (C=O) groups excluding carboxylic acids is 1. The molecule has 5 heteroatoms. The predicted molar refractivity (Wildman–Crippen MR) is 78.1 cm³/mol. The van der Waals surface area contributed by atoms with E-state index in [0.29, 0.717) is 10.8 Å². The molecular formula is C15H19ClN2O2. The van der Waals surface area contributed by atoms with Crippen molar-refractivity contribution in [3.8, 4) is 5.75 Å². The second-order valence-electron chi connectivity index (χ2n) is 5.95. The van der Waals surface area contributed by atoms with Gasteiger partial charge in [0, 0.05) is 16.1 Å². The van der Waals surface area contributed by atoms with Gasteiger partial charge in [-0.15, -0.1) is 0 Å². The molecule has 0 aromatic heterocycles. The molecule has 3 aliphatic rings. The number of halogens is 1. The van der Waals surface area contributed by atoms with Crippen LogP contribution in [0.25, 0.3) is 0 Å². The van der Waals surface area contributed by atoms with Crippen LogP contribution in [0.4, 0.5) is 0 Å². The average Bonchev–Trinajstić information content (AvgIpc) is 2.93. The Morgan fingerprint density at radius 2 is 1.90 bits per heavy atom. The molecule has 0 spiro atoms. The van der Waals surface area contributed by atoms with Crippen LogP contribution in [0.3, 0.4) is 0 Å². The smallest absolute Gasteiger partial charge is 0.258 e. The van der Waals surface area contributed by atoms with Gasteiger partial charge in [0.15, 0.2) is 6.61 Å². The van der Waals surface area contributed by atoms with Crippen LogP contribution >= 0.6 is 11.6 Å². The molecule has 3 aliphatic carbocycles. The molecule has 0 saturated heterocycles. The van der Waals surface area contributed by atoms with E-state index in [2.05, 4.69) is 10.6 Å². The largest absolute Gasteiger partial charge is 0.484 e. The minimum atomic E-state index is -0.0495. The van der Waals surface area contributed by atoms with Crippen LogP contribution in [0.1, 0.15) is 25.7 Å². The van der Waals surface area contributed by atoms with E-state index in [1.54, 1.807) is 24.3 Å². The summed E-state index contributed by atoms with van der Waals surface area (Å²) in [5.41, 5.74) is 0.272. The van der Waals surface area contributed by atoms with Crippen molar-refractivity contribution in [1.29, 1.82) is 0 Å². The molecule has 0 aliphatic heterocycles. The van der Waals surface area contributed by atoms with Gasteiger partial charge >= 0.3 is 0 Å². The van der Waals surface area contributed by atoms with Crippen LogP contribution in [0.5, 0.6) is 5.75 Å². The maximum atomic E-state index is 12.0. The van der Waals surface area contributed by atoms with E-state index in [4.69, 9.17) is 16.3 Å². The quantitative estimate of drug-likeness (QED) is 0.874. The van der Waals surface area contributed by atoms with E-state index in [0.717, 1.165) is 25.7 Å². The molecule has 4 rings (SSSR count). The van der Waals surface area contributed by atoms with Gasteiger partial charge in [0.2, 0.25) is 0 Å². The Labute approximate surface area is 123 Å². The summed E-state index contributed by atoms with van der Waals surface area (Å²) in [6.45, 7) is 0.0515. The summed E-state index contributed by atoms with van der Waals surface area (Å²) in [6.07, 6.45) is 4.26. The van der Waals surface area contributed by atoms with Crippen LogP contribution in [-0.2, 0) is 4.79 Å². The van der Waals surface area contributed by atoms with Gasteiger partial charge in [0.25, 0.3) is 5.91 Å². The summed E-state index contributed by atoms with van der Waals surface area (Å²) in [5, 5.41) is 7.16. The third-order valence-corrected chi connectivity index (χ3v) is 4.81. The van der Waals surface area contributed by atoms with Gasteiger partial charge in [-0.2, -0.15) is 0 Å². The van der Waals surface area contributed by atoms with Crippen molar-refractivity contribution in [2.75, 3.05) is 13.7 Å². The first-order chi connectivity index (χ1) is 9.55. The molecule has 3 saturated carbocycles. The molecule has 2 bridgehead atoms. The summed E-state index contributed by atoms with van der Waals surface area (Å²) >= 11 is 5.80. The van der Waals surface area contributed by atoms with E-state index in [1.165, 1.54) is 0 Å². The lowest BCUT2D eigenvalue weighted by Gasteiger charge is -2.47. The molecule has 3 fully saturated rings. The zero-order valence-electron chi connectivity index (χ0n) is 11.5. The van der Waals surface area contributed by atoms with Crippen molar-refractivity contribution in [3.05, 3.63) is 29.3 Å². The summed E-state index contributed by atoms with van der Waals surface area (Å²) < 4.78 is 5.46. The van der Waals surface area contributed by atoms with Gasteiger partial charge < -0.3 is 15.4 Å². The van der Waals surface area contributed by atoms with Gasteiger partial charge in [-0.25, -0.2) is 0 Å². The highest BCUT2D eigenvalue weighted by Crippen LogP contribution is 2.54. The molecule has 1 amide bonds. The first kappa shape index (κ1) is 13.7. The molecule has 0 atom stereocenters. The second kappa shape index (κ2) is 4.93. The van der Waals surface area contributed by atoms with Crippen LogP contribution in [0.2, 0.25) is 5.02 Å². The number of carbonyl (C=O) groups is 1. The van der Waals surface area contributed by atoms with E-state index in [9.17, 15) is 4.79 Å². The number of fused-ring (bicyclic) bond motifs is 1.